The van der Waals surface area contributed by atoms with E-state index in [0.717, 1.165) is 23.8 Å². The standard InChI is InChI=1S/C14H17NO3S/c1-3-10-4-6-11(7-5-10)12-13(19(2,17)18)14(12,8-15)9-16/h4-7,12-13,16H,3,9H2,1-2H3/t12-,13-,14+/m1/s1. The van der Waals surface area contributed by atoms with Gasteiger partial charge < -0.3 is 5.11 Å². The summed E-state index contributed by atoms with van der Waals surface area (Å²) in [6, 6.07) is 9.60. The molecular formula is C14H17NO3S. The van der Waals surface area contributed by atoms with Crippen molar-refractivity contribution in [1.29, 1.82) is 5.26 Å². The van der Waals surface area contributed by atoms with E-state index in [4.69, 9.17) is 0 Å². The predicted octanol–water partition coefficient (Wildman–Crippen LogP) is 1.26. The quantitative estimate of drug-likeness (QED) is 0.900. The number of aryl methyl sites for hydroxylation is 1. The summed E-state index contributed by atoms with van der Waals surface area (Å²) >= 11 is 0. The predicted molar refractivity (Wildman–Crippen MR) is 72.3 cm³/mol. The van der Waals surface area contributed by atoms with Crippen molar-refractivity contribution in [3.63, 3.8) is 0 Å². The van der Waals surface area contributed by atoms with Crippen LogP contribution in [0.25, 0.3) is 0 Å². The lowest BCUT2D eigenvalue weighted by atomic mass is 10.00. The third-order valence-electron chi connectivity index (χ3n) is 3.93. The molecule has 0 aliphatic heterocycles. The molecule has 0 amide bonds. The van der Waals surface area contributed by atoms with Gasteiger partial charge in [0, 0.05) is 12.2 Å². The molecule has 1 aliphatic rings. The van der Waals surface area contributed by atoms with Gasteiger partial charge in [0.1, 0.15) is 5.41 Å². The highest BCUT2D eigenvalue weighted by molar-refractivity contribution is 7.91. The van der Waals surface area contributed by atoms with E-state index in [-0.39, 0.29) is 0 Å². The number of sulfone groups is 1. The molecule has 5 heteroatoms. The zero-order valence-electron chi connectivity index (χ0n) is 11.0. The van der Waals surface area contributed by atoms with Crippen molar-refractivity contribution in [1.82, 2.24) is 0 Å². The smallest absolute Gasteiger partial charge is 0.152 e. The number of benzene rings is 1. The van der Waals surface area contributed by atoms with Crippen LogP contribution >= 0.6 is 0 Å². The van der Waals surface area contributed by atoms with Gasteiger partial charge in [-0.2, -0.15) is 5.26 Å². The fourth-order valence-electron chi connectivity index (χ4n) is 2.82. The molecule has 1 aromatic rings. The maximum Gasteiger partial charge on any atom is 0.152 e. The molecule has 0 spiro atoms. The minimum Gasteiger partial charge on any atom is -0.395 e. The molecule has 0 unspecified atom stereocenters. The Labute approximate surface area is 113 Å². The fourth-order valence-corrected chi connectivity index (χ4v) is 4.68. The monoisotopic (exact) mass is 279 g/mol. The lowest BCUT2D eigenvalue weighted by Gasteiger charge is -2.04. The first-order valence-electron chi connectivity index (χ1n) is 6.20. The molecule has 0 radical (unpaired) electrons. The minimum atomic E-state index is -3.36. The van der Waals surface area contributed by atoms with Crippen LogP contribution in [-0.4, -0.2) is 31.6 Å². The van der Waals surface area contributed by atoms with Crippen molar-refractivity contribution in [3.05, 3.63) is 35.4 Å². The van der Waals surface area contributed by atoms with Crippen molar-refractivity contribution in [2.24, 2.45) is 5.41 Å². The lowest BCUT2D eigenvalue weighted by Crippen LogP contribution is -2.16. The first-order chi connectivity index (χ1) is 8.90. The van der Waals surface area contributed by atoms with Crippen LogP contribution in [0.1, 0.15) is 24.0 Å². The van der Waals surface area contributed by atoms with Crippen molar-refractivity contribution in [2.45, 2.75) is 24.5 Å². The molecule has 4 nitrogen and oxygen atoms in total. The van der Waals surface area contributed by atoms with E-state index >= 15 is 0 Å². The Kier molecular flexibility index (Phi) is 3.41. The van der Waals surface area contributed by atoms with E-state index in [0.29, 0.717) is 0 Å². The normalized spacial score (nSPS) is 29.8. The van der Waals surface area contributed by atoms with Crippen molar-refractivity contribution < 1.29 is 13.5 Å². The van der Waals surface area contributed by atoms with Gasteiger partial charge in [-0.05, 0) is 17.5 Å². The van der Waals surface area contributed by atoms with E-state index in [1.165, 1.54) is 0 Å². The van der Waals surface area contributed by atoms with Crippen LogP contribution in [0.3, 0.4) is 0 Å². The Bertz CT molecular complexity index is 615. The Balaban J connectivity index is 2.41. The van der Waals surface area contributed by atoms with Gasteiger partial charge in [0.25, 0.3) is 0 Å². The molecule has 1 aliphatic carbocycles. The number of aliphatic hydroxyl groups excluding tert-OH is 1. The van der Waals surface area contributed by atoms with Crippen molar-refractivity contribution >= 4 is 9.84 Å². The van der Waals surface area contributed by atoms with Crippen molar-refractivity contribution in [3.8, 4) is 6.07 Å². The van der Waals surface area contributed by atoms with Crippen LogP contribution in [0.2, 0.25) is 0 Å². The first kappa shape index (κ1) is 14.0. The van der Waals surface area contributed by atoms with Crippen LogP contribution in [0.4, 0.5) is 0 Å². The Morgan fingerprint density at radius 2 is 1.95 bits per heavy atom. The molecule has 1 aromatic carbocycles. The summed E-state index contributed by atoms with van der Waals surface area (Å²) < 4.78 is 23.5. The summed E-state index contributed by atoms with van der Waals surface area (Å²) in [5.41, 5.74) is 0.788. The SMILES string of the molecule is CCc1ccc([C@@H]2[C@@H](S(C)(=O)=O)[C@@]2(C#N)CO)cc1. The Hall–Kier alpha value is -1.38. The summed E-state index contributed by atoms with van der Waals surface area (Å²) in [6.45, 7) is 1.61. The molecular weight excluding hydrogens is 262 g/mol. The zero-order valence-corrected chi connectivity index (χ0v) is 11.8. The van der Waals surface area contributed by atoms with Gasteiger partial charge in [-0.1, -0.05) is 31.2 Å². The zero-order chi connectivity index (χ0) is 14.3. The van der Waals surface area contributed by atoms with Gasteiger partial charge in [0.05, 0.1) is 17.9 Å². The second kappa shape index (κ2) is 4.62. The number of hydrogen-bond donors (Lipinski definition) is 1. The number of nitriles is 1. The maximum absolute atomic E-state index is 11.8. The molecule has 1 fully saturated rings. The highest BCUT2D eigenvalue weighted by Crippen LogP contribution is 2.62. The van der Waals surface area contributed by atoms with Crippen LogP contribution < -0.4 is 0 Å². The van der Waals surface area contributed by atoms with Gasteiger partial charge in [0.15, 0.2) is 9.84 Å². The molecule has 2 rings (SSSR count). The van der Waals surface area contributed by atoms with Crippen LogP contribution in [-0.2, 0) is 16.3 Å². The van der Waals surface area contributed by atoms with Crippen LogP contribution in [0.5, 0.6) is 0 Å². The van der Waals surface area contributed by atoms with Gasteiger partial charge in [0.2, 0.25) is 0 Å². The van der Waals surface area contributed by atoms with E-state index in [1.54, 1.807) is 0 Å². The number of aliphatic hydroxyl groups is 1. The number of nitrogens with zero attached hydrogens (tertiary/aromatic N) is 1. The van der Waals surface area contributed by atoms with Gasteiger partial charge in [-0.15, -0.1) is 0 Å². The number of hydrogen-bond acceptors (Lipinski definition) is 4. The average Bonchev–Trinajstić information content (AvgIpc) is 3.09. The molecule has 1 saturated carbocycles. The Morgan fingerprint density at radius 3 is 2.26 bits per heavy atom. The second-order valence-electron chi connectivity index (χ2n) is 5.13. The van der Waals surface area contributed by atoms with Crippen molar-refractivity contribution in [2.75, 3.05) is 12.9 Å². The van der Waals surface area contributed by atoms with E-state index in [1.807, 2.05) is 37.3 Å². The summed E-state index contributed by atoms with van der Waals surface area (Å²) in [4.78, 5) is 0. The highest BCUT2D eigenvalue weighted by atomic mass is 32.2. The van der Waals surface area contributed by atoms with E-state index in [9.17, 15) is 18.8 Å². The van der Waals surface area contributed by atoms with Gasteiger partial charge >= 0.3 is 0 Å². The first-order valence-corrected chi connectivity index (χ1v) is 8.16. The molecule has 0 aromatic heterocycles. The van der Waals surface area contributed by atoms with Gasteiger partial charge in [-0.25, -0.2) is 8.42 Å². The molecule has 0 heterocycles. The average molecular weight is 279 g/mol. The summed E-state index contributed by atoms with van der Waals surface area (Å²) in [5.74, 6) is -0.427. The molecule has 0 bridgehead atoms. The summed E-state index contributed by atoms with van der Waals surface area (Å²) in [7, 11) is -3.36. The third-order valence-corrected chi connectivity index (χ3v) is 5.55. The molecule has 0 saturated heterocycles. The molecule has 102 valence electrons. The number of rotatable bonds is 4. The molecule has 3 atom stereocenters. The summed E-state index contributed by atoms with van der Waals surface area (Å²) in [5, 5.41) is 17.9. The van der Waals surface area contributed by atoms with Gasteiger partial charge in [-0.3, -0.25) is 0 Å². The fraction of sp³-hybridized carbons (Fsp3) is 0.500. The molecule has 1 N–H and O–H groups in total. The maximum atomic E-state index is 11.8. The topological polar surface area (TPSA) is 78.2 Å². The third kappa shape index (κ3) is 2.15. The Morgan fingerprint density at radius 1 is 1.37 bits per heavy atom. The van der Waals surface area contributed by atoms with Crippen LogP contribution in [0, 0.1) is 16.7 Å². The van der Waals surface area contributed by atoms with Crippen LogP contribution in [0.15, 0.2) is 24.3 Å². The minimum absolute atomic E-state index is 0.427. The summed E-state index contributed by atoms with van der Waals surface area (Å²) in [6.07, 6.45) is 2.03. The highest BCUT2D eigenvalue weighted by Gasteiger charge is 2.70. The largest absolute Gasteiger partial charge is 0.395 e. The molecule has 19 heavy (non-hydrogen) atoms. The lowest BCUT2D eigenvalue weighted by molar-refractivity contribution is 0.242. The van der Waals surface area contributed by atoms with E-state index < -0.39 is 33.0 Å². The van der Waals surface area contributed by atoms with E-state index in [2.05, 4.69) is 0 Å². The second-order valence-corrected chi connectivity index (χ2v) is 7.30.